The second-order valence-electron chi connectivity index (χ2n) is 8.34. The van der Waals surface area contributed by atoms with Gasteiger partial charge in [-0.3, -0.25) is 9.59 Å². The molecule has 4 rings (SSSR count). The largest absolute Gasteiger partial charge is 0.378 e. The highest BCUT2D eigenvalue weighted by atomic mass is 16.5. The molecule has 7 heteroatoms. The van der Waals surface area contributed by atoms with Crippen LogP contribution in [0.2, 0.25) is 0 Å². The molecule has 0 unspecified atom stereocenters. The van der Waals surface area contributed by atoms with Crippen molar-refractivity contribution in [2.24, 2.45) is 5.92 Å². The summed E-state index contributed by atoms with van der Waals surface area (Å²) in [5.74, 6) is 0.412. The van der Waals surface area contributed by atoms with Crippen LogP contribution in [0.3, 0.4) is 0 Å². The van der Waals surface area contributed by atoms with Gasteiger partial charge in [0.15, 0.2) is 0 Å². The highest BCUT2D eigenvalue weighted by Crippen LogP contribution is 2.23. The summed E-state index contributed by atoms with van der Waals surface area (Å²) in [4.78, 5) is 34.1. The third kappa shape index (κ3) is 4.73. The number of hydrogen-bond donors (Lipinski definition) is 0. The number of likely N-dealkylation sites (tertiary alicyclic amines) is 1. The number of likely N-dealkylation sites (N-methyl/N-ethyl adjacent to an activating group) is 1. The molecule has 0 N–H and O–H groups in total. The molecule has 3 aliphatic rings. The Morgan fingerprint density at radius 2 is 1.45 bits per heavy atom. The number of rotatable bonds is 3. The minimum atomic E-state index is 0.0613. The topological polar surface area (TPSA) is 56.3 Å². The molecule has 7 nitrogen and oxygen atoms in total. The average Bonchev–Trinajstić information content (AvgIpc) is 2.79. The Labute approximate surface area is 173 Å². The van der Waals surface area contributed by atoms with Crippen molar-refractivity contribution < 1.29 is 14.3 Å². The van der Waals surface area contributed by atoms with Gasteiger partial charge in [0.25, 0.3) is 5.91 Å². The van der Waals surface area contributed by atoms with Gasteiger partial charge in [-0.15, -0.1) is 0 Å². The molecule has 0 bridgehead atoms. The Bertz CT molecular complexity index is 701. The van der Waals surface area contributed by atoms with E-state index in [0.29, 0.717) is 13.1 Å². The number of amides is 2. The van der Waals surface area contributed by atoms with Gasteiger partial charge in [-0.1, -0.05) is 0 Å². The molecule has 0 spiro atoms. The van der Waals surface area contributed by atoms with Crippen LogP contribution in [0.25, 0.3) is 0 Å². The van der Waals surface area contributed by atoms with E-state index in [1.807, 2.05) is 34.1 Å². The van der Waals surface area contributed by atoms with Crippen molar-refractivity contribution in [3.8, 4) is 0 Å². The van der Waals surface area contributed by atoms with E-state index in [4.69, 9.17) is 4.74 Å². The van der Waals surface area contributed by atoms with Crippen LogP contribution in [0.4, 0.5) is 5.69 Å². The third-order valence-corrected chi connectivity index (χ3v) is 6.44. The minimum Gasteiger partial charge on any atom is -0.378 e. The summed E-state index contributed by atoms with van der Waals surface area (Å²) in [5, 5.41) is 0. The number of piperazine rings is 1. The first kappa shape index (κ1) is 20.2. The number of piperidine rings is 1. The molecule has 2 amide bonds. The lowest BCUT2D eigenvalue weighted by atomic mass is 9.94. The fraction of sp³-hybridized carbons (Fsp3) is 0.636. The summed E-state index contributed by atoms with van der Waals surface area (Å²) in [5.41, 5.74) is 1.87. The molecule has 0 aliphatic carbocycles. The van der Waals surface area contributed by atoms with Gasteiger partial charge < -0.3 is 24.3 Å². The normalized spacial score (nSPS) is 22.0. The van der Waals surface area contributed by atoms with E-state index in [9.17, 15) is 9.59 Å². The summed E-state index contributed by atoms with van der Waals surface area (Å²) in [6, 6.07) is 7.91. The monoisotopic (exact) mass is 400 g/mol. The fourth-order valence-electron chi connectivity index (χ4n) is 4.43. The van der Waals surface area contributed by atoms with Crippen LogP contribution in [0.15, 0.2) is 24.3 Å². The molecule has 0 atom stereocenters. The lowest BCUT2D eigenvalue weighted by Gasteiger charge is -2.37. The zero-order valence-electron chi connectivity index (χ0n) is 17.4. The van der Waals surface area contributed by atoms with E-state index < -0.39 is 0 Å². The van der Waals surface area contributed by atoms with Gasteiger partial charge in [0.05, 0.1) is 13.2 Å². The van der Waals surface area contributed by atoms with Crippen molar-refractivity contribution in [3.63, 3.8) is 0 Å². The van der Waals surface area contributed by atoms with Crippen LogP contribution < -0.4 is 4.90 Å². The SMILES string of the molecule is CN1CCN(C(=O)C2CCN(C(=O)c3ccc(N4CCOCC4)cc3)CC2)CC1. The molecule has 0 radical (unpaired) electrons. The standard InChI is InChI=1S/C22H32N4O3/c1-23-10-12-26(13-11-23)22(28)19-6-8-25(9-7-19)21(27)18-2-4-20(5-3-18)24-14-16-29-17-15-24/h2-5,19H,6-17H2,1H3. The molecule has 1 aromatic rings. The summed E-state index contributed by atoms with van der Waals surface area (Å²) in [6.45, 7) is 8.15. The summed E-state index contributed by atoms with van der Waals surface area (Å²) >= 11 is 0. The minimum absolute atomic E-state index is 0.0613. The number of carbonyl (C=O) groups excluding carboxylic acids is 2. The second kappa shape index (κ2) is 9.13. The first-order valence-electron chi connectivity index (χ1n) is 10.8. The molecule has 3 heterocycles. The quantitative estimate of drug-likeness (QED) is 0.762. The summed E-state index contributed by atoms with van der Waals surface area (Å²) in [7, 11) is 2.10. The van der Waals surface area contributed by atoms with E-state index in [1.54, 1.807) is 0 Å². The maximum Gasteiger partial charge on any atom is 0.253 e. The van der Waals surface area contributed by atoms with Gasteiger partial charge in [0.1, 0.15) is 0 Å². The molecule has 0 saturated carbocycles. The lowest BCUT2D eigenvalue weighted by Crippen LogP contribution is -2.51. The zero-order chi connectivity index (χ0) is 20.2. The zero-order valence-corrected chi connectivity index (χ0v) is 17.4. The van der Waals surface area contributed by atoms with E-state index in [2.05, 4.69) is 16.8 Å². The predicted octanol–water partition coefficient (Wildman–Crippen LogP) is 1.15. The Morgan fingerprint density at radius 3 is 2.07 bits per heavy atom. The number of nitrogens with zero attached hydrogens (tertiary/aromatic N) is 4. The van der Waals surface area contributed by atoms with Crippen LogP contribution in [0.5, 0.6) is 0 Å². The number of carbonyl (C=O) groups is 2. The van der Waals surface area contributed by atoms with Gasteiger partial charge in [-0.25, -0.2) is 0 Å². The van der Waals surface area contributed by atoms with Gasteiger partial charge in [-0.2, -0.15) is 0 Å². The number of ether oxygens (including phenoxy) is 1. The molecule has 29 heavy (non-hydrogen) atoms. The highest BCUT2D eigenvalue weighted by molar-refractivity contribution is 5.94. The number of morpholine rings is 1. The molecule has 158 valence electrons. The first-order valence-corrected chi connectivity index (χ1v) is 10.8. The average molecular weight is 401 g/mol. The summed E-state index contributed by atoms with van der Waals surface area (Å²) < 4.78 is 5.40. The van der Waals surface area contributed by atoms with Crippen molar-refractivity contribution in [2.45, 2.75) is 12.8 Å². The van der Waals surface area contributed by atoms with Gasteiger partial charge in [0.2, 0.25) is 5.91 Å². The van der Waals surface area contributed by atoms with Crippen molar-refractivity contribution in [1.29, 1.82) is 0 Å². The van der Waals surface area contributed by atoms with E-state index >= 15 is 0 Å². The number of anilines is 1. The Morgan fingerprint density at radius 1 is 0.828 bits per heavy atom. The van der Waals surface area contributed by atoms with Crippen molar-refractivity contribution in [3.05, 3.63) is 29.8 Å². The third-order valence-electron chi connectivity index (χ3n) is 6.44. The molecule has 3 fully saturated rings. The van der Waals surface area contributed by atoms with E-state index in [0.717, 1.165) is 76.6 Å². The Hall–Kier alpha value is -2.12. The fourth-order valence-corrected chi connectivity index (χ4v) is 4.43. The number of benzene rings is 1. The van der Waals surface area contributed by atoms with Crippen molar-refractivity contribution >= 4 is 17.5 Å². The highest BCUT2D eigenvalue weighted by Gasteiger charge is 2.31. The Kier molecular flexibility index (Phi) is 6.35. The van der Waals surface area contributed by atoms with Crippen LogP contribution >= 0.6 is 0 Å². The van der Waals surface area contributed by atoms with Crippen LogP contribution in [0, 0.1) is 5.92 Å². The second-order valence-corrected chi connectivity index (χ2v) is 8.34. The van der Waals surface area contributed by atoms with E-state index in [-0.39, 0.29) is 17.7 Å². The lowest BCUT2D eigenvalue weighted by molar-refractivity contribution is -0.138. The van der Waals surface area contributed by atoms with Crippen molar-refractivity contribution in [2.75, 3.05) is 77.5 Å². The van der Waals surface area contributed by atoms with Crippen LogP contribution in [0.1, 0.15) is 23.2 Å². The van der Waals surface area contributed by atoms with Crippen molar-refractivity contribution in [1.82, 2.24) is 14.7 Å². The van der Waals surface area contributed by atoms with Gasteiger partial charge in [0, 0.05) is 69.5 Å². The molecular weight excluding hydrogens is 368 g/mol. The molecule has 3 saturated heterocycles. The maximum absolute atomic E-state index is 12.9. The Balaban J connectivity index is 1.29. The first-order chi connectivity index (χ1) is 14.1. The molecule has 0 aromatic heterocycles. The smallest absolute Gasteiger partial charge is 0.253 e. The maximum atomic E-state index is 12.9. The molecule has 1 aromatic carbocycles. The van der Waals surface area contributed by atoms with E-state index in [1.165, 1.54) is 0 Å². The molecular formula is C22H32N4O3. The molecule has 3 aliphatic heterocycles. The summed E-state index contributed by atoms with van der Waals surface area (Å²) in [6.07, 6.45) is 1.53. The number of hydrogen-bond acceptors (Lipinski definition) is 5. The van der Waals surface area contributed by atoms with Crippen LogP contribution in [-0.2, 0) is 9.53 Å². The van der Waals surface area contributed by atoms with Gasteiger partial charge >= 0.3 is 0 Å². The van der Waals surface area contributed by atoms with Crippen LogP contribution in [-0.4, -0.2) is 99.1 Å². The van der Waals surface area contributed by atoms with Gasteiger partial charge in [-0.05, 0) is 44.2 Å². The predicted molar refractivity (Wildman–Crippen MR) is 112 cm³/mol.